The minimum Gasteiger partial charge on any atom is -0.481 e. The van der Waals surface area contributed by atoms with E-state index in [1.165, 1.54) is 110 Å². The Kier molecular flexibility index (Phi) is 72.9. The van der Waals surface area contributed by atoms with Gasteiger partial charge in [-0.05, 0) is 162 Å². The highest BCUT2D eigenvalue weighted by Gasteiger charge is 2.32. The van der Waals surface area contributed by atoms with Crippen molar-refractivity contribution in [2.45, 2.75) is 448 Å². The molecule has 8 atom stereocenters. The minimum absolute atomic E-state index is 0.0462. The maximum atomic E-state index is 13.8. The van der Waals surface area contributed by atoms with Crippen LogP contribution in [-0.4, -0.2) is 190 Å². The van der Waals surface area contributed by atoms with Crippen molar-refractivity contribution in [3.05, 3.63) is 0 Å². The van der Waals surface area contributed by atoms with Crippen LogP contribution in [-0.2, 0) is 71.9 Å². The highest BCUT2D eigenvalue weighted by molar-refractivity contribution is 5.94. The molecule has 0 radical (unpaired) electrons. The summed E-state index contributed by atoms with van der Waals surface area (Å²) in [5, 5.41) is 58.7. The largest absolute Gasteiger partial charge is 0.481 e. The number of rotatable bonds is 89. The fourth-order valence-electron chi connectivity index (χ4n) is 14.9. The standard InChI is InChI=1S/C93H171N13O19/c1-70(107)71(48-36-42-64-101-87(118)75(96)52-40-46-66-103-89(120)73(94)50-38-44-62-99-81(110)60-58-77(91(122)123)105-83(112)54-32-28-24-20-16-12-8-4-6-10-14-18-22-26-30-34-56-85(114)115)68-79(108)72(69-80(109)93(2,3)98)49-37-43-65-102-88(119)76(97)53-41-47-67-104-90(121)74(95)51-39-45-63-100-82(111)61-59-78(92(124)125)106-84(113)55-33-29-25-21-17-13-9-5-7-11-15-19-23-27-31-35-57-86(116)117/h71-78H,4-69,94-98H2,1-3H3,(H,99,110)(H,100,111)(H,101,118)(H,102,119)(H,103,120)(H,104,121)(H,105,112)(H,106,113)(H,114,115)(H,116,117)(H,122,123)(H,124,125)/t71-,72-,73+,74+,75+,76+,77+,78+/m1/s1. The third kappa shape index (κ3) is 71.1. The van der Waals surface area contributed by atoms with Crippen LogP contribution in [0.15, 0.2) is 0 Å². The van der Waals surface area contributed by atoms with Crippen LogP contribution in [0.25, 0.3) is 0 Å². The molecule has 0 aromatic carbocycles. The Labute approximate surface area is 747 Å². The molecule has 125 heavy (non-hydrogen) atoms. The number of nitrogens with one attached hydrogen (secondary N) is 8. The van der Waals surface area contributed by atoms with Crippen LogP contribution in [0.5, 0.6) is 0 Å². The van der Waals surface area contributed by atoms with Gasteiger partial charge in [-0.3, -0.25) is 62.3 Å². The van der Waals surface area contributed by atoms with Crippen molar-refractivity contribution in [3.8, 4) is 0 Å². The van der Waals surface area contributed by atoms with E-state index < -0.39 is 77.5 Å². The molecule has 32 heteroatoms. The lowest BCUT2D eigenvalue weighted by Crippen LogP contribution is -2.43. The Bertz CT molecular complexity index is 3010. The molecule has 0 saturated carbocycles. The zero-order valence-electron chi connectivity index (χ0n) is 77.1. The first-order valence-electron chi connectivity index (χ1n) is 48.2. The van der Waals surface area contributed by atoms with E-state index in [1.54, 1.807) is 13.8 Å². The van der Waals surface area contributed by atoms with Gasteiger partial charge in [0.05, 0.1) is 29.7 Å². The smallest absolute Gasteiger partial charge is 0.326 e. The van der Waals surface area contributed by atoms with Crippen LogP contribution in [0.3, 0.4) is 0 Å². The zero-order valence-corrected chi connectivity index (χ0v) is 77.1. The lowest BCUT2D eigenvalue weighted by atomic mass is 9.82. The average molecular weight is 1780 g/mol. The fourth-order valence-corrected chi connectivity index (χ4v) is 14.9. The molecule has 22 N–H and O–H groups in total. The number of carboxylic acids is 4. The van der Waals surface area contributed by atoms with Gasteiger partial charge in [-0.1, -0.05) is 193 Å². The van der Waals surface area contributed by atoms with Gasteiger partial charge in [-0.15, -0.1) is 0 Å². The Balaban J connectivity index is 4.38. The second-order valence-corrected chi connectivity index (χ2v) is 35.4. The summed E-state index contributed by atoms with van der Waals surface area (Å²) >= 11 is 0. The number of hydrogen-bond donors (Lipinski definition) is 17. The van der Waals surface area contributed by atoms with E-state index in [-0.39, 0.29) is 135 Å². The Morgan fingerprint density at radius 1 is 0.264 bits per heavy atom. The predicted molar refractivity (Wildman–Crippen MR) is 487 cm³/mol. The van der Waals surface area contributed by atoms with E-state index in [1.807, 2.05) is 0 Å². The normalized spacial score (nSPS) is 13.3. The summed E-state index contributed by atoms with van der Waals surface area (Å²) < 4.78 is 0. The minimum atomic E-state index is -1.20. The first kappa shape index (κ1) is 117. The molecule has 0 unspecified atom stereocenters. The van der Waals surface area contributed by atoms with Gasteiger partial charge in [0.25, 0.3) is 0 Å². The van der Waals surface area contributed by atoms with E-state index in [4.69, 9.17) is 38.9 Å². The number of unbranched alkanes of at least 4 members (excludes halogenated alkanes) is 36. The summed E-state index contributed by atoms with van der Waals surface area (Å²) in [6.07, 6.45) is 44.2. The van der Waals surface area contributed by atoms with E-state index >= 15 is 0 Å². The number of hydrogen-bond acceptors (Lipinski definition) is 20. The fraction of sp³-hybridized carbons (Fsp3) is 0.839. The summed E-state index contributed by atoms with van der Waals surface area (Å²) in [6, 6.07) is -5.48. The van der Waals surface area contributed by atoms with Gasteiger partial charge >= 0.3 is 23.9 Å². The second kappa shape index (κ2) is 77.6. The number of carboxylic acid groups (broad SMARTS) is 4. The number of Topliss-reactive ketones (excluding diaryl/α,β-unsaturated/α-hetero) is 3. The van der Waals surface area contributed by atoms with Crippen molar-refractivity contribution in [3.63, 3.8) is 0 Å². The Hall–Kier alpha value is -7.55. The lowest BCUT2D eigenvalue weighted by Gasteiger charge is -2.23. The maximum Gasteiger partial charge on any atom is 0.326 e. The maximum absolute atomic E-state index is 13.8. The lowest BCUT2D eigenvalue weighted by molar-refractivity contribution is -0.142. The number of carbonyl (C=O) groups excluding carboxylic acids is 11. The monoisotopic (exact) mass is 1770 g/mol. The molecule has 0 aliphatic rings. The number of nitrogens with two attached hydrogens (primary N) is 5. The number of amides is 8. The molecular formula is C93H171N13O19. The Morgan fingerprint density at radius 2 is 0.496 bits per heavy atom. The topological polar surface area (TPSA) is 563 Å². The molecule has 0 bridgehead atoms. The van der Waals surface area contributed by atoms with Crippen molar-refractivity contribution in [2.24, 2.45) is 40.5 Å². The average Bonchev–Trinajstić information content (AvgIpc) is 0.865. The van der Waals surface area contributed by atoms with Crippen LogP contribution < -0.4 is 71.2 Å². The Morgan fingerprint density at radius 3 is 0.736 bits per heavy atom. The molecule has 0 aliphatic carbocycles. The SMILES string of the molecule is CC(=O)[C@H](CCCCNC(=O)[C@@H](N)CCCCNC(=O)[C@@H](N)CCCCNC(=O)CC[C@H](NC(=O)CCCCCCCCCCCCCCCCCCC(=O)O)C(=O)O)CC(=O)[C@H](CCCCNC(=O)[C@@H](N)CCCCNC(=O)[C@@H](N)CCCCNC(=O)CC[C@H](NC(=O)CCCCCCCCCCCCCCCCCCC(=O)O)C(=O)O)CC(=O)C(C)(C)N. The molecule has 0 rings (SSSR count). The zero-order chi connectivity index (χ0) is 93.1. The summed E-state index contributed by atoms with van der Waals surface area (Å²) in [4.78, 5) is 186. The summed E-state index contributed by atoms with van der Waals surface area (Å²) in [6.45, 7) is 6.43. The van der Waals surface area contributed by atoms with Gasteiger partial charge in [0.15, 0.2) is 5.78 Å². The number of ketones is 3. The van der Waals surface area contributed by atoms with Gasteiger partial charge in [0, 0.05) is 102 Å². The van der Waals surface area contributed by atoms with Crippen molar-refractivity contribution in [2.75, 3.05) is 39.3 Å². The van der Waals surface area contributed by atoms with Gasteiger partial charge < -0.3 is 91.6 Å². The molecule has 8 amide bonds. The summed E-state index contributed by atoms with van der Waals surface area (Å²) in [7, 11) is 0. The van der Waals surface area contributed by atoms with E-state index in [0.29, 0.717) is 161 Å². The molecule has 32 nitrogen and oxygen atoms in total. The quantitative estimate of drug-likeness (QED) is 0.0252. The molecule has 0 spiro atoms. The summed E-state index contributed by atoms with van der Waals surface area (Å²) in [5.74, 6) is -8.53. The van der Waals surface area contributed by atoms with Crippen molar-refractivity contribution in [1.82, 2.24) is 42.5 Å². The predicted octanol–water partition coefficient (Wildman–Crippen LogP) is 11.4. The van der Waals surface area contributed by atoms with Crippen LogP contribution in [0.4, 0.5) is 0 Å². The first-order valence-corrected chi connectivity index (χ1v) is 48.2. The molecule has 0 fully saturated rings. The van der Waals surface area contributed by atoms with Crippen molar-refractivity contribution < 1.29 is 92.3 Å². The third-order valence-electron chi connectivity index (χ3n) is 23.2. The molecular weight excluding hydrogens is 1600 g/mol. The summed E-state index contributed by atoms with van der Waals surface area (Å²) in [5.41, 5.74) is 29.6. The van der Waals surface area contributed by atoms with Crippen molar-refractivity contribution in [1.29, 1.82) is 0 Å². The molecule has 0 aromatic rings. The van der Waals surface area contributed by atoms with E-state index in [9.17, 15) is 82.1 Å². The molecule has 0 heterocycles. The van der Waals surface area contributed by atoms with Crippen LogP contribution in [0.2, 0.25) is 0 Å². The molecule has 722 valence electrons. The second-order valence-electron chi connectivity index (χ2n) is 35.4. The van der Waals surface area contributed by atoms with Crippen molar-refractivity contribution >= 4 is 88.5 Å². The first-order chi connectivity index (χ1) is 59.7. The van der Waals surface area contributed by atoms with Crippen LogP contribution in [0.1, 0.15) is 406 Å². The number of aliphatic carboxylic acids is 4. The highest BCUT2D eigenvalue weighted by atomic mass is 16.4. The highest BCUT2D eigenvalue weighted by Crippen LogP contribution is 2.25. The molecule has 0 aromatic heterocycles. The third-order valence-corrected chi connectivity index (χ3v) is 23.2. The van der Waals surface area contributed by atoms with Gasteiger partial charge in [0.2, 0.25) is 47.3 Å². The van der Waals surface area contributed by atoms with Gasteiger partial charge in [-0.2, -0.15) is 0 Å². The van der Waals surface area contributed by atoms with Gasteiger partial charge in [0.1, 0.15) is 23.7 Å². The number of carbonyl (C=O) groups is 15. The van der Waals surface area contributed by atoms with Crippen LogP contribution in [0, 0.1) is 11.8 Å². The molecule has 0 aliphatic heterocycles. The van der Waals surface area contributed by atoms with E-state index in [0.717, 1.165) is 89.9 Å². The molecule has 0 saturated heterocycles. The van der Waals surface area contributed by atoms with E-state index in [2.05, 4.69) is 42.5 Å². The van der Waals surface area contributed by atoms with Gasteiger partial charge in [-0.25, -0.2) is 9.59 Å². The van der Waals surface area contributed by atoms with Crippen LogP contribution >= 0.6 is 0 Å².